The fourth-order valence-electron chi connectivity index (χ4n) is 3.73. The molecule has 1 aromatic carbocycles. The number of carbonyl (C=O) groups is 1. The van der Waals surface area contributed by atoms with E-state index in [2.05, 4.69) is 15.0 Å². The van der Waals surface area contributed by atoms with Crippen molar-refractivity contribution >= 4 is 11.9 Å². The van der Waals surface area contributed by atoms with Gasteiger partial charge in [0.2, 0.25) is 0 Å². The smallest absolute Gasteiger partial charge is 0.280 e. The van der Waals surface area contributed by atoms with E-state index in [1.54, 1.807) is 18.2 Å². The molecule has 164 valence electrons. The van der Waals surface area contributed by atoms with Crippen molar-refractivity contribution in [3.8, 4) is 17.1 Å². The average molecular weight is 439 g/mol. The lowest BCUT2D eigenvalue weighted by molar-refractivity contribution is -0.129. The van der Waals surface area contributed by atoms with E-state index in [1.807, 2.05) is 0 Å². The number of rotatable bonds is 6. The number of halogens is 2. The van der Waals surface area contributed by atoms with Gasteiger partial charge in [-0.05, 0) is 54.3 Å². The highest BCUT2D eigenvalue weighted by molar-refractivity contribution is 6.09. The van der Waals surface area contributed by atoms with E-state index < -0.39 is 23.6 Å². The van der Waals surface area contributed by atoms with Crippen LogP contribution in [0, 0.1) is 0 Å². The minimum atomic E-state index is -2.81. The monoisotopic (exact) mass is 439 g/mol. The summed E-state index contributed by atoms with van der Waals surface area (Å²) < 4.78 is 38.3. The van der Waals surface area contributed by atoms with Crippen molar-refractivity contribution in [1.82, 2.24) is 14.9 Å². The van der Waals surface area contributed by atoms with Gasteiger partial charge in [0.25, 0.3) is 12.3 Å². The molecule has 1 saturated carbocycles. The van der Waals surface area contributed by atoms with Crippen LogP contribution in [0.4, 0.5) is 8.78 Å². The molecule has 32 heavy (non-hydrogen) atoms. The van der Waals surface area contributed by atoms with E-state index in [0.717, 1.165) is 12.8 Å². The first-order chi connectivity index (χ1) is 15.4. The van der Waals surface area contributed by atoms with Crippen molar-refractivity contribution < 1.29 is 22.7 Å². The summed E-state index contributed by atoms with van der Waals surface area (Å²) in [6.07, 6.45) is 3.21. The molecule has 1 atom stereocenters. The van der Waals surface area contributed by atoms with Gasteiger partial charge in [-0.25, -0.2) is 18.8 Å². The first kappa shape index (κ1) is 20.1. The number of nitrogens with zero attached hydrogens (tertiary/aromatic N) is 4. The lowest BCUT2D eigenvalue weighted by Gasteiger charge is -2.27. The van der Waals surface area contributed by atoms with E-state index in [1.165, 1.54) is 42.9 Å². The lowest BCUT2D eigenvalue weighted by Crippen LogP contribution is -2.41. The lowest BCUT2D eigenvalue weighted by atomic mass is 9.82. The second kappa shape index (κ2) is 7.40. The summed E-state index contributed by atoms with van der Waals surface area (Å²) in [5.41, 5.74) is 5.12. The maximum atomic E-state index is 13.5. The van der Waals surface area contributed by atoms with Gasteiger partial charge in [-0.3, -0.25) is 14.7 Å². The summed E-state index contributed by atoms with van der Waals surface area (Å²) in [7, 11) is 1.49. The van der Waals surface area contributed by atoms with Crippen LogP contribution in [0.15, 0.2) is 58.5 Å². The standard InChI is InChI=1S/C22H19F2N5O3/c1-29-20(30)22(28-21(29)25,13-4-5-27-17(9-13)19(23)24)14-6-12(18-10-26-11-31-18)7-16(8-14)32-15-2-3-15/h4-11,15,19H,2-3H2,1H3,(H2,25,28). The van der Waals surface area contributed by atoms with Gasteiger partial charge < -0.3 is 14.9 Å². The Hall–Kier alpha value is -3.82. The van der Waals surface area contributed by atoms with Crippen molar-refractivity contribution in [1.29, 1.82) is 0 Å². The number of nitrogens with two attached hydrogens (primary N) is 1. The van der Waals surface area contributed by atoms with Gasteiger partial charge in [0.05, 0.1) is 12.3 Å². The molecule has 0 radical (unpaired) electrons. The summed E-state index contributed by atoms with van der Waals surface area (Å²) >= 11 is 0. The quantitative estimate of drug-likeness (QED) is 0.632. The van der Waals surface area contributed by atoms with Gasteiger partial charge in [-0.2, -0.15) is 0 Å². The number of hydrogen-bond acceptors (Lipinski definition) is 7. The number of benzene rings is 1. The van der Waals surface area contributed by atoms with Crippen molar-refractivity contribution in [3.05, 3.63) is 65.9 Å². The minimum absolute atomic E-state index is 0.0276. The number of oxazole rings is 1. The summed E-state index contributed by atoms with van der Waals surface area (Å²) in [6.45, 7) is 0. The minimum Gasteiger partial charge on any atom is -0.490 e. The van der Waals surface area contributed by atoms with Crippen molar-refractivity contribution in [3.63, 3.8) is 0 Å². The molecule has 1 aliphatic carbocycles. The number of ether oxygens (including phenoxy) is 1. The van der Waals surface area contributed by atoms with E-state index in [9.17, 15) is 13.6 Å². The van der Waals surface area contributed by atoms with E-state index in [-0.39, 0.29) is 17.6 Å². The Morgan fingerprint density at radius 3 is 2.69 bits per heavy atom. The third-order valence-corrected chi connectivity index (χ3v) is 5.53. The van der Waals surface area contributed by atoms with Gasteiger partial charge in [0, 0.05) is 18.8 Å². The highest BCUT2D eigenvalue weighted by atomic mass is 19.3. The largest absolute Gasteiger partial charge is 0.490 e. The first-order valence-corrected chi connectivity index (χ1v) is 9.97. The van der Waals surface area contributed by atoms with Crippen LogP contribution in [-0.2, 0) is 10.3 Å². The Kier molecular flexibility index (Phi) is 4.65. The van der Waals surface area contributed by atoms with Crippen LogP contribution in [0.2, 0.25) is 0 Å². The van der Waals surface area contributed by atoms with Gasteiger partial charge in [0.15, 0.2) is 23.7 Å². The number of likely N-dealkylation sites (N-methyl/N-ethyl adjacent to an activating group) is 1. The van der Waals surface area contributed by atoms with Crippen molar-refractivity contribution in [2.24, 2.45) is 10.7 Å². The first-order valence-electron chi connectivity index (χ1n) is 9.97. The Bertz CT molecular complexity index is 1210. The Labute approximate surface area is 181 Å². The number of aromatic nitrogens is 2. The highest BCUT2D eigenvalue weighted by Crippen LogP contribution is 2.43. The van der Waals surface area contributed by atoms with Crippen LogP contribution in [0.1, 0.15) is 36.1 Å². The third kappa shape index (κ3) is 3.28. The second-order valence-corrected chi connectivity index (χ2v) is 7.74. The average Bonchev–Trinajstić information content (AvgIpc) is 3.36. The maximum Gasteiger partial charge on any atom is 0.280 e. The van der Waals surface area contributed by atoms with Gasteiger partial charge in [0.1, 0.15) is 11.4 Å². The molecule has 10 heteroatoms. The summed E-state index contributed by atoms with van der Waals surface area (Å²) in [5.74, 6) is 0.463. The molecular weight excluding hydrogens is 420 g/mol. The molecule has 2 aliphatic rings. The number of carbonyl (C=O) groups excluding carboxylic acids is 1. The molecule has 1 amide bonds. The highest BCUT2D eigenvalue weighted by Gasteiger charge is 2.50. The topological polar surface area (TPSA) is 107 Å². The molecule has 2 aromatic heterocycles. The Balaban J connectivity index is 1.75. The fourth-order valence-corrected chi connectivity index (χ4v) is 3.73. The summed E-state index contributed by atoms with van der Waals surface area (Å²) in [6, 6.07) is 7.85. The molecule has 0 spiro atoms. The van der Waals surface area contributed by atoms with Crippen molar-refractivity contribution in [2.45, 2.75) is 30.9 Å². The van der Waals surface area contributed by atoms with Crippen LogP contribution in [-0.4, -0.2) is 39.9 Å². The fraction of sp³-hybridized carbons (Fsp3) is 0.273. The Morgan fingerprint density at radius 1 is 1.25 bits per heavy atom. The third-order valence-electron chi connectivity index (χ3n) is 5.53. The molecule has 1 fully saturated rings. The van der Waals surface area contributed by atoms with E-state index >= 15 is 0 Å². The zero-order chi connectivity index (χ0) is 22.5. The van der Waals surface area contributed by atoms with Crippen LogP contribution < -0.4 is 10.5 Å². The predicted molar refractivity (Wildman–Crippen MR) is 110 cm³/mol. The Morgan fingerprint density at radius 2 is 2.06 bits per heavy atom. The number of guanidine groups is 1. The van der Waals surface area contributed by atoms with Crippen LogP contribution >= 0.6 is 0 Å². The van der Waals surface area contributed by atoms with E-state index in [0.29, 0.717) is 22.6 Å². The summed E-state index contributed by atoms with van der Waals surface area (Å²) in [4.78, 5) is 26.9. The maximum absolute atomic E-state index is 13.5. The number of pyridine rings is 1. The van der Waals surface area contributed by atoms with Crippen LogP contribution in [0.5, 0.6) is 5.75 Å². The second-order valence-electron chi connectivity index (χ2n) is 7.74. The van der Waals surface area contributed by atoms with Gasteiger partial charge in [-0.15, -0.1) is 0 Å². The molecule has 8 nitrogen and oxygen atoms in total. The number of hydrogen-bond donors (Lipinski definition) is 1. The molecule has 1 aliphatic heterocycles. The van der Waals surface area contributed by atoms with Crippen LogP contribution in [0.3, 0.4) is 0 Å². The van der Waals surface area contributed by atoms with Crippen molar-refractivity contribution in [2.75, 3.05) is 7.05 Å². The SMILES string of the molecule is CN1C(=O)C(c2cc(OC3CC3)cc(-c3cnco3)c2)(c2ccnc(C(F)F)c2)N=C1N. The number of alkyl halides is 2. The normalized spacial score (nSPS) is 20.7. The molecular formula is C22H19F2N5O3. The van der Waals surface area contributed by atoms with Gasteiger partial charge >= 0.3 is 0 Å². The molecule has 5 rings (SSSR count). The van der Waals surface area contributed by atoms with Gasteiger partial charge in [-0.1, -0.05) is 0 Å². The zero-order valence-corrected chi connectivity index (χ0v) is 17.0. The molecule has 0 saturated heterocycles. The zero-order valence-electron chi connectivity index (χ0n) is 17.0. The van der Waals surface area contributed by atoms with E-state index in [4.69, 9.17) is 14.9 Å². The van der Waals surface area contributed by atoms with Crippen LogP contribution in [0.25, 0.3) is 11.3 Å². The molecule has 2 N–H and O–H groups in total. The summed E-state index contributed by atoms with van der Waals surface area (Å²) in [5, 5.41) is 0. The molecule has 1 unspecified atom stereocenters. The number of aliphatic imine (C=N–C) groups is 1. The number of amides is 1. The molecule has 3 aromatic rings. The molecule has 3 heterocycles. The predicted octanol–water partition coefficient (Wildman–Crippen LogP) is 3.25. The molecule has 0 bridgehead atoms.